The average molecular weight is 715 g/mol. The number of hydrogen-bond acceptors (Lipinski definition) is 5. The predicted octanol–water partition coefficient (Wildman–Crippen LogP) is 7.96. The zero-order valence-corrected chi connectivity index (χ0v) is 28.6. The summed E-state index contributed by atoms with van der Waals surface area (Å²) in [7, 11) is -3.70. The number of carbonyl (C=O) groups is 1. The van der Waals surface area contributed by atoms with Crippen molar-refractivity contribution in [1.82, 2.24) is 14.3 Å². The molecule has 8 nitrogen and oxygen atoms in total. The molecular formula is C38H33Cl2N3O5S. The third kappa shape index (κ3) is 8.14. The van der Waals surface area contributed by atoms with E-state index in [1.54, 1.807) is 24.3 Å². The number of aromatic carboxylic acids is 1. The average Bonchev–Trinajstić information content (AvgIpc) is 3.40. The lowest BCUT2D eigenvalue weighted by Crippen LogP contribution is -2.28. The Morgan fingerprint density at radius 1 is 0.837 bits per heavy atom. The number of rotatable bonds is 14. The zero-order valence-electron chi connectivity index (χ0n) is 26.3. The van der Waals surface area contributed by atoms with Crippen LogP contribution in [0.2, 0.25) is 10.2 Å². The Balaban J connectivity index is 1.40. The molecule has 6 aromatic rings. The molecule has 0 saturated carbocycles. The minimum absolute atomic E-state index is 0.137. The third-order valence-electron chi connectivity index (χ3n) is 8.23. The molecule has 250 valence electrons. The van der Waals surface area contributed by atoms with E-state index in [1.807, 2.05) is 54.6 Å². The van der Waals surface area contributed by atoms with Crippen LogP contribution in [-0.2, 0) is 28.6 Å². The largest absolute Gasteiger partial charge is 0.493 e. The Morgan fingerprint density at radius 2 is 1.51 bits per heavy atom. The lowest BCUT2D eigenvalue weighted by atomic mass is 9.97. The van der Waals surface area contributed by atoms with Gasteiger partial charge in [-0.25, -0.2) is 22.9 Å². The minimum atomic E-state index is -3.70. The summed E-state index contributed by atoms with van der Waals surface area (Å²) >= 11 is 12.9. The van der Waals surface area contributed by atoms with Crippen LogP contribution in [0, 0.1) is 0 Å². The molecule has 6 rings (SSSR count). The van der Waals surface area contributed by atoms with Gasteiger partial charge < -0.3 is 14.4 Å². The second kappa shape index (κ2) is 15.3. The van der Waals surface area contributed by atoms with Gasteiger partial charge in [-0.15, -0.1) is 0 Å². The number of sulfonamides is 1. The first-order chi connectivity index (χ1) is 23.7. The molecule has 0 radical (unpaired) electrons. The van der Waals surface area contributed by atoms with E-state index in [0.717, 1.165) is 33.3 Å². The SMILES string of the molecule is O=C(O)c1ccc(OCCc2c(CCNS(=O)(=O)Cc3ccc(Cl)nc3)n(C(c3ccccc3)c3ccccc3)c3cccc(Cl)c23)cc1. The van der Waals surface area contributed by atoms with Crippen molar-refractivity contribution in [3.05, 3.63) is 165 Å². The molecule has 0 amide bonds. The maximum atomic E-state index is 13.2. The molecule has 0 fully saturated rings. The number of halogens is 2. The van der Waals surface area contributed by atoms with Gasteiger partial charge in [-0.1, -0.05) is 96.0 Å². The summed E-state index contributed by atoms with van der Waals surface area (Å²) in [5, 5.41) is 11.0. The molecule has 11 heteroatoms. The van der Waals surface area contributed by atoms with Crippen molar-refractivity contribution in [2.24, 2.45) is 0 Å². The Hall–Kier alpha value is -4.67. The molecule has 2 aromatic heterocycles. The van der Waals surface area contributed by atoms with E-state index in [0.29, 0.717) is 34.3 Å². The van der Waals surface area contributed by atoms with Crippen molar-refractivity contribution in [3.8, 4) is 5.75 Å². The van der Waals surface area contributed by atoms with Crippen molar-refractivity contribution >= 4 is 50.1 Å². The highest BCUT2D eigenvalue weighted by Crippen LogP contribution is 2.39. The predicted molar refractivity (Wildman–Crippen MR) is 193 cm³/mol. The monoisotopic (exact) mass is 713 g/mol. The lowest BCUT2D eigenvalue weighted by Gasteiger charge is -2.25. The minimum Gasteiger partial charge on any atom is -0.493 e. The highest BCUT2D eigenvalue weighted by atomic mass is 35.5. The zero-order chi connectivity index (χ0) is 34.4. The van der Waals surface area contributed by atoms with Gasteiger partial charge in [0.1, 0.15) is 10.9 Å². The number of aromatic nitrogens is 2. The second-order valence-corrected chi connectivity index (χ2v) is 14.1. The highest BCUT2D eigenvalue weighted by molar-refractivity contribution is 7.88. The van der Waals surface area contributed by atoms with Crippen LogP contribution in [0.3, 0.4) is 0 Å². The van der Waals surface area contributed by atoms with Crippen LogP contribution in [0.5, 0.6) is 5.75 Å². The summed E-state index contributed by atoms with van der Waals surface area (Å²) in [4.78, 5) is 15.3. The number of carboxylic acid groups (broad SMARTS) is 1. The standard InChI is InChI=1S/C38H33Cl2N3O5S/c39-32-12-7-13-34-36(32)31(21-23-48-30-17-15-29(16-18-30)38(44)45)33(20-22-42-49(46,47)25-26-14-19-35(40)41-24-26)43(34)37(27-8-3-1-4-9-27)28-10-5-2-6-11-28/h1-19,24,37,42H,20-23,25H2,(H,44,45). The number of benzene rings is 4. The Bertz CT molecular complexity index is 2120. The topological polar surface area (TPSA) is 111 Å². The van der Waals surface area contributed by atoms with Crippen LogP contribution in [0.25, 0.3) is 10.9 Å². The van der Waals surface area contributed by atoms with Gasteiger partial charge in [-0.2, -0.15) is 0 Å². The van der Waals surface area contributed by atoms with E-state index in [4.69, 9.17) is 27.9 Å². The highest BCUT2D eigenvalue weighted by Gasteiger charge is 2.27. The molecule has 0 saturated heterocycles. The van der Waals surface area contributed by atoms with Crippen molar-refractivity contribution < 1.29 is 23.1 Å². The van der Waals surface area contributed by atoms with Crippen molar-refractivity contribution in [2.75, 3.05) is 13.2 Å². The van der Waals surface area contributed by atoms with Gasteiger partial charge in [0.05, 0.1) is 34.5 Å². The van der Waals surface area contributed by atoms with Gasteiger partial charge in [0.2, 0.25) is 10.0 Å². The second-order valence-electron chi connectivity index (χ2n) is 11.5. The molecule has 0 unspecified atom stereocenters. The Labute approximate surface area is 295 Å². The fourth-order valence-electron chi connectivity index (χ4n) is 6.10. The van der Waals surface area contributed by atoms with Gasteiger partial charge >= 0.3 is 5.97 Å². The van der Waals surface area contributed by atoms with Crippen LogP contribution in [0.1, 0.15) is 44.3 Å². The fourth-order valence-corrected chi connectivity index (χ4v) is 7.62. The quantitative estimate of drug-likeness (QED) is 0.111. The molecule has 0 atom stereocenters. The van der Waals surface area contributed by atoms with Crippen LogP contribution < -0.4 is 9.46 Å². The van der Waals surface area contributed by atoms with Gasteiger partial charge in [0, 0.05) is 36.7 Å². The number of hydrogen-bond donors (Lipinski definition) is 2. The molecule has 4 aromatic carbocycles. The fraction of sp³-hybridized carbons (Fsp3) is 0.158. The summed E-state index contributed by atoms with van der Waals surface area (Å²) in [6.45, 7) is 0.415. The smallest absolute Gasteiger partial charge is 0.335 e. The van der Waals surface area contributed by atoms with Crippen molar-refractivity contribution in [3.63, 3.8) is 0 Å². The molecule has 49 heavy (non-hydrogen) atoms. The summed E-state index contributed by atoms with van der Waals surface area (Å²) in [6, 6.07) is 35.4. The van der Waals surface area contributed by atoms with Gasteiger partial charge in [-0.05, 0) is 64.7 Å². The Morgan fingerprint density at radius 3 is 2.12 bits per heavy atom. The maximum absolute atomic E-state index is 13.2. The van der Waals surface area contributed by atoms with Crippen LogP contribution in [0.4, 0.5) is 0 Å². The van der Waals surface area contributed by atoms with Crippen LogP contribution in [-0.4, -0.2) is 42.2 Å². The van der Waals surface area contributed by atoms with E-state index < -0.39 is 16.0 Å². The van der Waals surface area contributed by atoms with Gasteiger partial charge in [0.15, 0.2) is 0 Å². The van der Waals surface area contributed by atoms with Crippen LogP contribution >= 0.6 is 23.2 Å². The van der Waals surface area contributed by atoms with E-state index in [-0.39, 0.29) is 30.5 Å². The first-order valence-electron chi connectivity index (χ1n) is 15.6. The summed E-state index contributed by atoms with van der Waals surface area (Å²) in [5.41, 5.74) is 5.60. The van der Waals surface area contributed by atoms with E-state index in [9.17, 15) is 18.3 Å². The molecular weight excluding hydrogens is 681 g/mol. The van der Waals surface area contributed by atoms with Gasteiger partial charge in [-0.3, -0.25) is 0 Å². The molecule has 2 heterocycles. The molecule has 2 N–H and O–H groups in total. The number of ether oxygens (including phenoxy) is 1. The molecule has 0 aliphatic rings. The number of fused-ring (bicyclic) bond motifs is 1. The van der Waals surface area contributed by atoms with Crippen molar-refractivity contribution in [2.45, 2.75) is 24.6 Å². The molecule has 0 aliphatic carbocycles. The Kier molecular flexibility index (Phi) is 10.7. The molecule has 0 aliphatic heterocycles. The van der Waals surface area contributed by atoms with Crippen molar-refractivity contribution in [1.29, 1.82) is 0 Å². The molecule has 0 spiro atoms. The number of nitrogens with zero attached hydrogens (tertiary/aromatic N) is 2. The van der Waals surface area contributed by atoms with E-state index in [2.05, 4.69) is 38.5 Å². The van der Waals surface area contributed by atoms with Gasteiger partial charge in [0.25, 0.3) is 0 Å². The van der Waals surface area contributed by atoms with E-state index in [1.165, 1.54) is 18.3 Å². The third-order valence-corrected chi connectivity index (χ3v) is 10.1. The lowest BCUT2D eigenvalue weighted by molar-refractivity contribution is 0.0697. The number of nitrogens with one attached hydrogen (secondary N) is 1. The number of pyridine rings is 1. The summed E-state index contributed by atoms with van der Waals surface area (Å²) < 4.78 is 37.5. The summed E-state index contributed by atoms with van der Waals surface area (Å²) in [6.07, 6.45) is 2.28. The first kappa shape index (κ1) is 34.2. The van der Waals surface area contributed by atoms with Crippen LogP contribution in [0.15, 0.2) is 121 Å². The first-order valence-corrected chi connectivity index (χ1v) is 18.0. The normalized spacial score (nSPS) is 11.7. The number of carboxylic acids is 1. The summed E-state index contributed by atoms with van der Waals surface area (Å²) in [5.74, 6) is -0.702. The van der Waals surface area contributed by atoms with E-state index >= 15 is 0 Å². The molecule has 0 bridgehead atoms. The maximum Gasteiger partial charge on any atom is 0.335 e.